The number of aromatic nitrogens is 1. The van der Waals surface area contributed by atoms with Crippen molar-refractivity contribution in [1.29, 1.82) is 0 Å². The molecule has 1 aromatic heterocycles. The second kappa shape index (κ2) is 7.75. The lowest BCUT2D eigenvalue weighted by atomic mass is 10.1. The molecule has 2 N–H and O–H groups in total. The first-order valence-corrected chi connectivity index (χ1v) is 6.72. The smallest absolute Gasteiger partial charge is 0.0681 e. The molecule has 0 unspecified atom stereocenters. The molecular formula is C16H20N2O2. The van der Waals surface area contributed by atoms with Crippen molar-refractivity contribution in [2.45, 2.75) is 19.7 Å². The number of nitrogens with zero attached hydrogens (tertiary/aromatic N) is 2. The monoisotopic (exact) mass is 272 g/mol. The molecule has 1 heterocycles. The fourth-order valence-electron chi connectivity index (χ4n) is 2.11. The highest BCUT2D eigenvalue weighted by Crippen LogP contribution is 2.10. The lowest BCUT2D eigenvalue weighted by Gasteiger charge is -2.21. The summed E-state index contributed by atoms with van der Waals surface area (Å²) in [6.07, 6.45) is 3.60. The fraction of sp³-hybridized carbons (Fsp3) is 0.312. The summed E-state index contributed by atoms with van der Waals surface area (Å²) in [5, 5.41) is 18.2. The molecule has 2 rings (SSSR count). The maximum Gasteiger partial charge on any atom is 0.0681 e. The predicted octanol–water partition coefficient (Wildman–Crippen LogP) is 1.57. The quantitative estimate of drug-likeness (QED) is 0.803. The molecular weight excluding hydrogens is 252 g/mol. The van der Waals surface area contributed by atoms with Gasteiger partial charge in [0.2, 0.25) is 0 Å². The largest absolute Gasteiger partial charge is 0.395 e. The van der Waals surface area contributed by atoms with Gasteiger partial charge in [-0.15, -0.1) is 0 Å². The molecule has 0 aliphatic rings. The number of rotatable bonds is 7. The van der Waals surface area contributed by atoms with E-state index in [-0.39, 0.29) is 13.2 Å². The number of aliphatic hydroxyl groups is 2. The molecule has 0 spiro atoms. The highest BCUT2D eigenvalue weighted by molar-refractivity contribution is 5.22. The van der Waals surface area contributed by atoms with Crippen molar-refractivity contribution >= 4 is 0 Å². The molecule has 0 atom stereocenters. The number of hydrogen-bond acceptors (Lipinski definition) is 4. The van der Waals surface area contributed by atoms with Gasteiger partial charge in [0.25, 0.3) is 0 Å². The van der Waals surface area contributed by atoms with E-state index in [2.05, 4.69) is 9.88 Å². The summed E-state index contributed by atoms with van der Waals surface area (Å²) in [5.74, 6) is 0. The normalized spacial score (nSPS) is 10.9. The number of pyridine rings is 1. The van der Waals surface area contributed by atoms with Crippen LogP contribution in [0.15, 0.2) is 48.8 Å². The van der Waals surface area contributed by atoms with E-state index in [1.54, 1.807) is 6.20 Å². The lowest BCUT2D eigenvalue weighted by molar-refractivity contribution is 0.184. The van der Waals surface area contributed by atoms with Crippen molar-refractivity contribution < 1.29 is 10.2 Å². The third-order valence-corrected chi connectivity index (χ3v) is 3.16. The third-order valence-electron chi connectivity index (χ3n) is 3.16. The highest BCUT2D eigenvalue weighted by Gasteiger charge is 2.07. The molecule has 0 radical (unpaired) electrons. The number of hydrogen-bond donors (Lipinski definition) is 2. The molecule has 20 heavy (non-hydrogen) atoms. The molecule has 0 fully saturated rings. The standard InChI is InChI=1S/C16H20N2O2/c19-9-8-18(12-16-2-1-7-17-10-16)11-14-3-5-15(13-20)6-4-14/h1-7,10,19-20H,8-9,11-13H2. The van der Waals surface area contributed by atoms with Gasteiger partial charge in [-0.1, -0.05) is 30.3 Å². The van der Waals surface area contributed by atoms with Crippen LogP contribution in [0.4, 0.5) is 0 Å². The minimum absolute atomic E-state index is 0.0658. The van der Waals surface area contributed by atoms with Gasteiger partial charge in [-0.3, -0.25) is 9.88 Å². The first kappa shape index (κ1) is 14.7. The SMILES string of the molecule is OCCN(Cc1ccc(CO)cc1)Cc1cccnc1. The maximum absolute atomic E-state index is 9.18. The van der Waals surface area contributed by atoms with E-state index in [1.165, 1.54) is 5.56 Å². The Morgan fingerprint density at radius 2 is 1.60 bits per heavy atom. The minimum Gasteiger partial charge on any atom is -0.395 e. The Labute approximate surface area is 119 Å². The summed E-state index contributed by atoms with van der Waals surface area (Å²) in [7, 11) is 0. The lowest BCUT2D eigenvalue weighted by Crippen LogP contribution is -2.26. The Hall–Kier alpha value is -1.75. The van der Waals surface area contributed by atoms with Crippen LogP contribution >= 0.6 is 0 Å². The van der Waals surface area contributed by atoms with Crippen LogP contribution in [0.2, 0.25) is 0 Å². The second-order valence-electron chi connectivity index (χ2n) is 4.77. The summed E-state index contributed by atoms with van der Waals surface area (Å²) in [6.45, 7) is 2.35. The van der Waals surface area contributed by atoms with Gasteiger partial charge in [-0.05, 0) is 22.8 Å². The van der Waals surface area contributed by atoms with E-state index in [0.717, 1.165) is 24.2 Å². The van der Waals surface area contributed by atoms with E-state index in [4.69, 9.17) is 5.11 Å². The van der Waals surface area contributed by atoms with Gasteiger partial charge in [0.15, 0.2) is 0 Å². The Morgan fingerprint density at radius 3 is 2.20 bits per heavy atom. The summed E-state index contributed by atoms with van der Waals surface area (Å²) >= 11 is 0. The zero-order chi connectivity index (χ0) is 14.2. The molecule has 2 aromatic rings. The Kier molecular flexibility index (Phi) is 5.68. The minimum atomic E-state index is 0.0658. The van der Waals surface area contributed by atoms with Gasteiger partial charge >= 0.3 is 0 Å². The van der Waals surface area contributed by atoms with Crippen molar-refractivity contribution in [1.82, 2.24) is 9.88 Å². The van der Waals surface area contributed by atoms with E-state index < -0.39 is 0 Å². The highest BCUT2D eigenvalue weighted by atomic mass is 16.3. The molecule has 0 saturated heterocycles. The molecule has 1 aromatic carbocycles. The molecule has 0 amide bonds. The van der Waals surface area contributed by atoms with E-state index in [0.29, 0.717) is 6.54 Å². The zero-order valence-corrected chi connectivity index (χ0v) is 11.4. The summed E-state index contributed by atoms with van der Waals surface area (Å²) in [5.41, 5.74) is 3.21. The van der Waals surface area contributed by atoms with Crippen LogP contribution < -0.4 is 0 Å². The van der Waals surface area contributed by atoms with Gasteiger partial charge in [0.05, 0.1) is 13.2 Å². The van der Waals surface area contributed by atoms with Crippen LogP contribution in [0.3, 0.4) is 0 Å². The Bertz CT molecular complexity index is 500. The molecule has 0 bridgehead atoms. The van der Waals surface area contributed by atoms with Crippen molar-refractivity contribution in [2.75, 3.05) is 13.2 Å². The number of benzene rings is 1. The van der Waals surface area contributed by atoms with Crippen LogP contribution in [-0.2, 0) is 19.7 Å². The van der Waals surface area contributed by atoms with Gasteiger partial charge in [0.1, 0.15) is 0 Å². The molecule has 106 valence electrons. The van der Waals surface area contributed by atoms with Crippen molar-refractivity contribution in [3.05, 3.63) is 65.5 Å². The maximum atomic E-state index is 9.18. The number of aliphatic hydroxyl groups excluding tert-OH is 2. The van der Waals surface area contributed by atoms with Crippen LogP contribution in [0.25, 0.3) is 0 Å². The molecule has 0 aliphatic carbocycles. The van der Waals surface area contributed by atoms with Crippen molar-refractivity contribution in [3.8, 4) is 0 Å². The van der Waals surface area contributed by atoms with Gasteiger partial charge in [0, 0.05) is 32.0 Å². The average molecular weight is 272 g/mol. The van der Waals surface area contributed by atoms with E-state index >= 15 is 0 Å². The molecule has 0 saturated carbocycles. The third kappa shape index (κ3) is 4.42. The Balaban J connectivity index is 2.00. The first-order valence-electron chi connectivity index (χ1n) is 6.72. The van der Waals surface area contributed by atoms with Gasteiger partial charge < -0.3 is 10.2 Å². The van der Waals surface area contributed by atoms with Crippen LogP contribution in [0.1, 0.15) is 16.7 Å². The predicted molar refractivity (Wildman–Crippen MR) is 77.8 cm³/mol. The van der Waals surface area contributed by atoms with E-state index in [1.807, 2.05) is 42.6 Å². The van der Waals surface area contributed by atoms with Crippen LogP contribution in [0.5, 0.6) is 0 Å². The summed E-state index contributed by atoms with van der Waals surface area (Å²) < 4.78 is 0. The topological polar surface area (TPSA) is 56.6 Å². The van der Waals surface area contributed by atoms with Crippen molar-refractivity contribution in [2.24, 2.45) is 0 Å². The molecule has 4 heteroatoms. The van der Waals surface area contributed by atoms with Crippen LogP contribution in [-0.4, -0.2) is 33.2 Å². The summed E-state index contributed by atoms with van der Waals surface area (Å²) in [4.78, 5) is 6.28. The van der Waals surface area contributed by atoms with Crippen LogP contribution in [0, 0.1) is 0 Å². The fourth-order valence-corrected chi connectivity index (χ4v) is 2.11. The molecule has 0 aliphatic heterocycles. The van der Waals surface area contributed by atoms with Gasteiger partial charge in [-0.2, -0.15) is 0 Å². The zero-order valence-electron chi connectivity index (χ0n) is 11.4. The van der Waals surface area contributed by atoms with Gasteiger partial charge in [-0.25, -0.2) is 0 Å². The molecule has 4 nitrogen and oxygen atoms in total. The second-order valence-corrected chi connectivity index (χ2v) is 4.77. The first-order chi connectivity index (χ1) is 9.81. The summed E-state index contributed by atoms with van der Waals surface area (Å²) in [6, 6.07) is 11.8. The average Bonchev–Trinajstić information content (AvgIpc) is 2.49. The van der Waals surface area contributed by atoms with Crippen molar-refractivity contribution in [3.63, 3.8) is 0 Å². The Morgan fingerprint density at radius 1 is 0.900 bits per heavy atom. The van der Waals surface area contributed by atoms with E-state index in [9.17, 15) is 5.11 Å².